The number of carbonyl (C=O) groups is 1. The molecule has 4 aromatic rings. The summed E-state index contributed by atoms with van der Waals surface area (Å²) in [6, 6.07) is 11.4. The number of carbonyl (C=O) groups excluding carboxylic acids is 1. The molecule has 0 N–H and O–H groups in total. The van der Waals surface area contributed by atoms with Crippen molar-refractivity contribution in [3.05, 3.63) is 99.3 Å². The molecule has 0 bridgehead atoms. The lowest BCUT2D eigenvalue weighted by Gasteiger charge is -2.26. The first-order valence-corrected chi connectivity index (χ1v) is 14.7. The highest BCUT2D eigenvalue weighted by Gasteiger charge is 2.35. The second-order valence-electron chi connectivity index (χ2n) is 8.86. The molecule has 2 aromatic carbocycles. The summed E-state index contributed by atoms with van der Waals surface area (Å²) < 4.78 is 24.8. The van der Waals surface area contributed by atoms with E-state index in [1.165, 1.54) is 30.1 Å². The Morgan fingerprint density at radius 2 is 1.85 bits per heavy atom. The Kier molecular flexibility index (Phi) is 8.47. The van der Waals surface area contributed by atoms with Gasteiger partial charge < -0.3 is 18.6 Å². The van der Waals surface area contributed by atoms with E-state index in [0.717, 1.165) is 5.56 Å². The Bertz CT molecular complexity index is 1890. The number of furan rings is 1. The largest absolute Gasteiger partial charge is 0.493 e. The van der Waals surface area contributed by atoms with E-state index in [0.29, 0.717) is 58.1 Å². The molecule has 0 aliphatic carbocycles. The van der Waals surface area contributed by atoms with E-state index in [4.69, 9.17) is 41.8 Å². The zero-order chi connectivity index (χ0) is 29.4. The molecule has 3 heterocycles. The van der Waals surface area contributed by atoms with Gasteiger partial charge in [0.2, 0.25) is 0 Å². The molecular weight excluding hydrogens is 655 g/mol. The summed E-state index contributed by atoms with van der Waals surface area (Å²) in [5.41, 5.74) is 1.70. The van der Waals surface area contributed by atoms with Gasteiger partial charge in [0, 0.05) is 16.1 Å². The van der Waals surface area contributed by atoms with Gasteiger partial charge in [0.1, 0.15) is 11.5 Å². The number of allylic oxidation sites excluding steroid dienone is 1. The van der Waals surface area contributed by atoms with Crippen LogP contribution in [0.4, 0.5) is 0 Å². The summed E-state index contributed by atoms with van der Waals surface area (Å²) in [5, 5.41) is 0.848. The second kappa shape index (κ2) is 11.9. The molecule has 1 aliphatic rings. The predicted molar refractivity (Wildman–Crippen MR) is 162 cm³/mol. The number of fused-ring (bicyclic) bond motifs is 1. The molecule has 0 amide bonds. The highest BCUT2D eigenvalue weighted by molar-refractivity contribution is 9.10. The number of esters is 1. The number of nitrogens with zero attached hydrogens (tertiary/aromatic N) is 2. The quantitative estimate of drug-likeness (QED) is 0.218. The standard InChI is InChI=1S/C29H23BrCl2N2O6S/c1-5-39-28(36)25-14(2)33-29-34(26(25)17-12-22(37-3)23(38-4)13-18(17)30)27(35)24(41-29)11-16-7-9-21(40-16)15-6-8-19(31)20(32)10-15/h6-13,26H,5H2,1-4H3/b24-11+/t26-/m0/s1. The molecule has 1 atom stereocenters. The van der Waals surface area contributed by atoms with Gasteiger partial charge in [-0.1, -0.05) is 50.5 Å². The summed E-state index contributed by atoms with van der Waals surface area (Å²) in [7, 11) is 3.05. The van der Waals surface area contributed by atoms with Gasteiger partial charge in [0.15, 0.2) is 16.3 Å². The number of thiazole rings is 1. The van der Waals surface area contributed by atoms with Crippen molar-refractivity contribution in [1.82, 2.24) is 4.57 Å². The SMILES string of the molecule is CCOC(=O)C1=C(C)N=c2s/c(=C/c3ccc(-c4ccc(Cl)c(Cl)c4)o3)c(=O)n2[C@H]1c1cc(OC)c(OC)cc1Br. The smallest absolute Gasteiger partial charge is 0.338 e. The third-order valence-electron chi connectivity index (χ3n) is 6.42. The molecule has 8 nitrogen and oxygen atoms in total. The van der Waals surface area contributed by atoms with Crippen molar-refractivity contribution in [1.29, 1.82) is 0 Å². The average Bonchev–Trinajstić information content (AvgIpc) is 3.53. The van der Waals surface area contributed by atoms with Crippen LogP contribution >= 0.6 is 50.5 Å². The number of benzene rings is 2. The number of aromatic nitrogens is 1. The Labute approximate surface area is 257 Å². The molecule has 41 heavy (non-hydrogen) atoms. The Hall–Kier alpha value is -3.31. The number of methoxy groups -OCH3 is 2. The van der Waals surface area contributed by atoms with Gasteiger partial charge in [-0.3, -0.25) is 9.36 Å². The lowest BCUT2D eigenvalue weighted by atomic mass is 9.95. The van der Waals surface area contributed by atoms with Crippen LogP contribution in [-0.4, -0.2) is 31.4 Å². The summed E-state index contributed by atoms with van der Waals surface area (Å²) in [5.74, 6) is 1.39. The van der Waals surface area contributed by atoms with E-state index >= 15 is 0 Å². The first kappa shape index (κ1) is 29.2. The van der Waals surface area contributed by atoms with Gasteiger partial charge in [-0.15, -0.1) is 0 Å². The fourth-order valence-corrected chi connectivity index (χ4v) is 6.39. The molecule has 0 fully saturated rings. The molecule has 212 valence electrons. The third kappa shape index (κ3) is 5.49. The van der Waals surface area contributed by atoms with Crippen LogP contribution in [0.3, 0.4) is 0 Å². The lowest BCUT2D eigenvalue weighted by Crippen LogP contribution is -2.40. The molecule has 2 aromatic heterocycles. The van der Waals surface area contributed by atoms with E-state index < -0.39 is 12.0 Å². The van der Waals surface area contributed by atoms with Gasteiger partial charge >= 0.3 is 5.97 Å². The molecule has 0 saturated heterocycles. The molecule has 0 saturated carbocycles. The number of ether oxygens (including phenoxy) is 3. The summed E-state index contributed by atoms with van der Waals surface area (Å²) >= 11 is 17.0. The number of hydrogen-bond donors (Lipinski definition) is 0. The number of rotatable bonds is 7. The normalized spacial score (nSPS) is 15.0. The number of hydrogen-bond acceptors (Lipinski definition) is 8. The van der Waals surface area contributed by atoms with Crippen molar-refractivity contribution in [2.24, 2.45) is 4.99 Å². The second-order valence-corrected chi connectivity index (χ2v) is 11.5. The van der Waals surface area contributed by atoms with Crippen molar-refractivity contribution >= 4 is 62.5 Å². The Morgan fingerprint density at radius 3 is 2.54 bits per heavy atom. The van der Waals surface area contributed by atoms with Gasteiger partial charge in [0.25, 0.3) is 5.56 Å². The van der Waals surface area contributed by atoms with Crippen LogP contribution in [0.5, 0.6) is 11.5 Å². The molecule has 12 heteroatoms. The summed E-state index contributed by atoms with van der Waals surface area (Å²) in [4.78, 5) is 32.2. The maximum atomic E-state index is 13.9. The van der Waals surface area contributed by atoms with Crippen LogP contribution < -0.4 is 24.4 Å². The van der Waals surface area contributed by atoms with Crippen molar-refractivity contribution in [3.8, 4) is 22.8 Å². The minimum absolute atomic E-state index is 0.166. The summed E-state index contributed by atoms with van der Waals surface area (Å²) in [6.07, 6.45) is 1.65. The van der Waals surface area contributed by atoms with Gasteiger partial charge in [0.05, 0.1) is 52.7 Å². The van der Waals surface area contributed by atoms with Crippen LogP contribution in [-0.2, 0) is 9.53 Å². The minimum Gasteiger partial charge on any atom is -0.493 e. The monoisotopic (exact) mass is 676 g/mol. The van der Waals surface area contributed by atoms with Crippen molar-refractivity contribution in [2.75, 3.05) is 20.8 Å². The van der Waals surface area contributed by atoms with E-state index in [9.17, 15) is 9.59 Å². The van der Waals surface area contributed by atoms with Crippen molar-refractivity contribution < 1.29 is 23.4 Å². The minimum atomic E-state index is -0.843. The van der Waals surface area contributed by atoms with Gasteiger partial charge in [-0.05, 0) is 61.9 Å². The van der Waals surface area contributed by atoms with E-state index in [-0.39, 0.29) is 17.7 Å². The number of halogens is 3. The van der Waals surface area contributed by atoms with Gasteiger partial charge in [-0.2, -0.15) is 0 Å². The van der Waals surface area contributed by atoms with Gasteiger partial charge in [-0.25, -0.2) is 9.79 Å². The Balaban J connectivity index is 1.68. The zero-order valence-corrected chi connectivity index (χ0v) is 26.2. The first-order chi connectivity index (χ1) is 19.7. The average molecular weight is 678 g/mol. The molecule has 5 rings (SSSR count). The zero-order valence-electron chi connectivity index (χ0n) is 22.3. The lowest BCUT2D eigenvalue weighted by molar-refractivity contribution is -0.139. The summed E-state index contributed by atoms with van der Waals surface area (Å²) in [6.45, 7) is 3.61. The predicted octanol–water partition coefficient (Wildman–Crippen LogP) is 6.14. The maximum absolute atomic E-state index is 13.9. The topological polar surface area (TPSA) is 92.3 Å². The van der Waals surface area contributed by atoms with E-state index in [1.807, 2.05) is 0 Å². The molecule has 0 unspecified atom stereocenters. The molecule has 0 radical (unpaired) electrons. The third-order valence-corrected chi connectivity index (χ3v) is 8.83. The van der Waals surface area contributed by atoms with Crippen molar-refractivity contribution in [3.63, 3.8) is 0 Å². The Morgan fingerprint density at radius 1 is 1.12 bits per heavy atom. The fraction of sp³-hybridized carbons (Fsp3) is 0.207. The highest BCUT2D eigenvalue weighted by Crippen LogP contribution is 2.41. The maximum Gasteiger partial charge on any atom is 0.338 e. The van der Waals surface area contributed by atoms with Crippen LogP contribution in [0, 0.1) is 0 Å². The van der Waals surface area contributed by atoms with E-state index in [2.05, 4.69) is 20.9 Å². The highest BCUT2D eigenvalue weighted by atomic mass is 79.9. The van der Waals surface area contributed by atoms with Crippen LogP contribution in [0.15, 0.2) is 72.4 Å². The van der Waals surface area contributed by atoms with Crippen molar-refractivity contribution in [2.45, 2.75) is 19.9 Å². The molecule has 0 spiro atoms. The van der Waals surface area contributed by atoms with Crippen LogP contribution in [0.2, 0.25) is 10.0 Å². The van der Waals surface area contributed by atoms with Crippen LogP contribution in [0.25, 0.3) is 17.4 Å². The van der Waals surface area contributed by atoms with E-state index in [1.54, 1.807) is 62.4 Å². The van der Waals surface area contributed by atoms with Crippen LogP contribution in [0.1, 0.15) is 31.2 Å². The first-order valence-electron chi connectivity index (χ1n) is 12.3. The fourth-order valence-electron chi connectivity index (χ4n) is 4.53. The molecular formula is C29H23BrCl2N2O6S. The molecule has 1 aliphatic heterocycles.